The Bertz CT molecular complexity index is 1280. The van der Waals surface area contributed by atoms with E-state index in [-0.39, 0.29) is 16.4 Å². The lowest BCUT2D eigenvalue weighted by molar-refractivity contribution is 0.102. The lowest BCUT2D eigenvalue weighted by Crippen LogP contribution is -2.15. The van der Waals surface area contributed by atoms with E-state index in [2.05, 4.69) is 5.32 Å². The number of anilines is 1. The zero-order chi connectivity index (χ0) is 27.2. The zero-order valence-electron chi connectivity index (χ0n) is 22.1. The number of methoxy groups -OCH3 is 4. The fourth-order valence-corrected chi connectivity index (χ4v) is 6.32. The van der Waals surface area contributed by atoms with Crippen LogP contribution in [0.3, 0.4) is 0 Å². The summed E-state index contributed by atoms with van der Waals surface area (Å²) in [6, 6.07) is 14.9. The topological polar surface area (TPSA) is 75.2 Å². The third-order valence-corrected chi connectivity index (χ3v) is 8.27. The molecule has 0 saturated carbocycles. The maximum atomic E-state index is 13.4. The maximum Gasteiger partial charge on any atom is 0.259 e. The lowest BCUT2D eigenvalue weighted by Gasteiger charge is -2.19. The summed E-state index contributed by atoms with van der Waals surface area (Å²) < 4.78 is 28.1. The predicted molar refractivity (Wildman–Crippen MR) is 152 cm³/mol. The Kier molecular flexibility index (Phi) is 9.17. The molecular formula is C29H32ClNO6S. The van der Waals surface area contributed by atoms with Gasteiger partial charge in [-0.2, -0.15) is 0 Å². The zero-order valence-corrected chi connectivity index (χ0v) is 23.7. The summed E-state index contributed by atoms with van der Waals surface area (Å²) in [6.07, 6.45) is 1.88. The molecule has 0 aromatic heterocycles. The SMILES string of the molecule is CCOc1c(OC)cc([C@@H]2CC[C@@H](c3cc(OC)c(OC)c(OC)c3)S2)cc1C(=O)Nc1cccc(Cl)c1. The summed E-state index contributed by atoms with van der Waals surface area (Å²) in [5.41, 5.74) is 3.12. The van der Waals surface area contributed by atoms with Gasteiger partial charge in [-0.05, 0) is 73.4 Å². The molecule has 1 amide bonds. The van der Waals surface area contributed by atoms with Crippen LogP contribution in [0.25, 0.3) is 0 Å². The van der Waals surface area contributed by atoms with Gasteiger partial charge in [0.05, 0.1) is 40.6 Å². The predicted octanol–water partition coefficient (Wildman–Crippen LogP) is 7.33. The van der Waals surface area contributed by atoms with E-state index in [1.165, 1.54) is 0 Å². The van der Waals surface area contributed by atoms with E-state index in [4.69, 9.17) is 35.3 Å². The second-order valence-electron chi connectivity index (χ2n) is 8.65. The fraction of sp³-hybridized carbons (Fsp3) is 0.345. The minimum atomic E-state index is -0.292. The number of rotatable bonds is 10. The second-order valence-corrected chi connectivity index (χ2v) is 10.5. The van der Waals surface area contributed by atoms with Gasteiger partial charge in [-0.3, -0.25) is 4.79 Å². The fourth-order valence-electron chi connectivity index (χ4n) is 4.60. The molecule has 7 nitrogen and oxygen atoms in total. The highest BCUT2D eigenvalue weighted by molar-refractivity contribution is 8.00. The van der Waals surface area contributed by atoms with E-state index >= 15 is 0 Å². The number of ether oxygens (including phenoxy) is 5. The first-order valence-electron chi connectivity index (χ1n) is 12.3. The summed E-state index contributed by atoms with van der Waals surface area (Å²) in [6.45, 7) is 2.27. The highest BCUT2D eigenvalue weighted by Crippen LogP contribution is 2.55. The van der Waals surface area contributed by atoms with Crippen molar-refractivity contribution >= 4 is 35.0 Å². The molecule has 38 heavy (non-hydrogen) atoms. The molecule has 0 radical (unpaired) electrons. The van der Waals surface area contributed by atoms with E-state index < -0.39 is 0 Å². The third kappa shape index (κ3) is 5.92. The number of hydrogen-bond acceptors (Lipinski definition) is 7. The van der Waals surface area contributed by atoms with Crippen LogP contribution >= 0.6 is 23.4 Å². The Balaban J connectivity index is 1.65. The summed E-state index contributed by atoms with van der Waals surface area (Å²) in [4.78, 5) is 13.4. The van der Waals surface area contributed by atoms with Gasteiger partial charge in [0.15, 0.2) is 23.0 Å². The Labute approximate surface area is 232 Å². The average molecular weight is 558 g/mol. The van der Waals surface area contributed by atoms with Gasteiger partial charge >= 0.3 is 0 Å². The van der Waals surface area contributed by atoms with E-state index in [1.54, 1.807) is 52.7 Å². The van der Waals surface area contributed by atoms with Crippen molar-refractivity contribution in [2.24, 2.45) is 0 Å². The van der Waals surface area contributed by atoms with Gasteiger partial charge in [0, 0.05) is 21.2 Å². The molecule has 0 bridgehead atoms. The first-order valence-corrected chi connectivity index (χ1v) is 13.6. The van der Waals surface area contributed by atoms with Gasteiger partial charge in [0.1, 0.15) is 0 Å². The molecule has 3 aromatic carbocycles. The van der Waals surface area contributed by atoms with Crippen LogP contribution in [0.5, 0.6) is 28.7 Å². The van der Waals surface area contributed by atoms with Gasteiger partial charge in [0.25, 0.3) is 5.91 Å². The summed E-state index contributed by atoms with van der Waals surface area (Å²) >= 11 is 7.95. The second kappa shape index (κ2) is 12.5. The number of halogens is 1. The highest BCUT2D eigenvalue weighted by atomic mass is 35.5. The highest BCUT2D eigenvalue weighted by Gasteiger charge is 2.31. The van der Waals surface area contributed by atoms with Gasteiger partial charge < -0.3 is 29.0 Å². The molecule has 4 rings (SSSR count). The Morgan fingerprint density at radius 2 is 1.45 bits per heavy atom. The van der Waals surface area contributed by atoms with Crippen LogP contribution in [-0.2, 0) is 0 Å². The number of hydrogen-bond donors (Lipinski definition) is 1. The number of thioether (sulfide) groups is 1. The van der Waals surface area contributed by atoms with Crippen molar-refractivity contribution in [1.29, 1.82) is 0 Å². The molecule has 1 aliphatic rings. The average Bonchev–Trinajstić information content (AvgIpc) is 3.42. The molecule has 2 atom stereocenters. The van der Waals surface area contributed by atoms with Gasteiger partial charge in [-0.15, -0.1) is 11.8 Å². The van der Waals surface area contributed by atoms with E-state index in [0.29, 0.717) is 51.6 Å². The molecule has 1 heterocycles. The van der Waals surface area contributed by atoms with E-state index in [9.17, 15) is 4.79 Å². The number of carbonyl (C=O) groups is 1. The Hall–Kier alpha value is -3.23. The van der Waals surface area contributed by atoms with Gasteiger partial charge in [0.2, 0.25) is 5.75 Å². The summed E-state index contributed by atoms with van der Waals surface area (Å²) in [5, 5.41) is 3.85. The van der Waals surface area contributed by atoms with E-state index in [1.807, 2.05) is 43.0 Å². The molecule has 1 N–H and O–H groups in total. The smallest absolute Gasteiger partial charge is 0.259 e. The maximum absolute atomic E-state index is 13.4. The van der Waals surface area contributed by atoms with Crippen molar-refractivity contribution in [3.05, 3.63) is 70.2 Å². The van der Waals surface area contributed by atoms with Crippen LogP contribution in [0.1, 0.15) is 51.8 Å². The molecule has 1 fully saturated rings. The monoisotopic (exact) mass is 557 g/mol. The number of amides is 1. The summed E-state index contributed by atoms with van der Waals surface area (Å²) in [7, 11) is 6.42. The van der Waals surface area contributed by atoms with Crippen molar-refractivity contribution in [1.82, 2.24) is 0 Å². The summed E-state index contributed by atoms with van der Waals surface area (Å²) in [5.74, 6) is 2.49. The Morgan fingerprint density at radius 1 is 0.868 bits per heavy atom. The molecule has 0 spiro atoms. The quantitative estimate of drug-likeness (QED) is 0.279. The number of carbonyl (C=O) groups excluding carboxylic acids is 1. The molecular weight excluding hydrogens is 526 g/mol. The molecule has 0 aliphatic carbocycles. The van der Waals surface area contributed by atoms with Crippen LogP contribution < -0.4 is 29.0 Å². The van der Waals surface area contributed by atoms with Crippen LogP contribution in [0.4, 0.5) is 5.69 Å². The van der Waals surface area contributed by atoms with E-state index in [0.717, 1.165) is 24.0 Å². The lowest BCUT2D eigenvalue weighted by atomic mass is 10.0. The first-order chi connectivity index (χ1) is 18.4. The van der Waals surface area contributed by atoms with Crippen molar-refractivity contribution < 1.29 is 28.5 Å². The van der Waals surface area contributed by atoms with Gasteiger partial charge in [-0.1, -0.05) is 17.7 Å². The van der Waals surface area contributed by atoms with Crippen LogP contribution in [-0.4, -0.2) is 41.0 Å². The first kappa shape index (κ1) is 27.8. The van der Waals surface area contributed by atoms with Crippen molar-refractivity contribution in [2.75, 3.05) is 40.4 Å². The molecule has 9 heteroatoms. The molecule has 1 saturated heterocycles. The number of nitrogens with one attached hydrogen (secondary N) is 1. The molecule has 202 valence electrons. The molecule has 0 unspecified atom stereocenters. The van der Waals surface area contributed by atoms with Crippen molar-refractivity contribution in [3.8, 4) is 28.7 Å². The third-order valence-electron chi connectivity index (χ3n) is 6.36. The minimum absolute atomic E-state index is 0.154. The van der Waals surface area contributed by atoms with Gasteiger partial charge in [-0.25, -0.2) is 0 Å². The largest absolute Gasteiger partial charge is 0.493 e. The standard InChI is InChI=1S/C29H32ClNO6S/c1-6-37-27-21(29(32)31-20-9-7-8-19(30)16-20)12-17(13-22(27)33-2)25-10-11-26(38-25)18-14-23(34-3)28(36-5)24(15-18)35-4/h7-9,12-16,25-26H,6,10-11H2,1-5H3,(H,31,32)/t25-,26-/m0/s1. The van der Waals surface area contributed by atoms with Crippen LogP contribution in [0.2, 0.25) is 5.02 Å². The normalized spacial score (nSPS) is 16.6. The molecule has 1 aliphatic heterocycles. The molecule has 3 aromatic rings. The minimum Gasteiger partial charge on any atom is -0.493 e. The van der Waals surface area contributed by atoms with Crippen molar-refractivity contribution in [3.63, 3.8) is 0 Å². The van der Waals surface area contributed by atoms with Crippen LogP contribution in [0.15, 0.2) is 48.5 Å². The Morgan fingerprint density at radius 3 is 1.97 bits per heavy atom. The van der Waals surface area contributed by atoms with Crippen molar-refractivity contribution in [2.45, 2.75) is 30.3 Å². The van der Waals surface area contributed by atoms with Crippen LogP contribution in [0, 0.1) is 0 Å². The number of benzene rings is 3.